The molecule has 30 heavy (non-hydrogen) atoms. The number of nitro groups is 1. The van der Waals surface area contributed by atoms with Crippen LogP contribution in [0.25, 0.3) is 11.4 Å². The fourth-order valence-corrected chi connectivity index (χ4v) is 3.03. The first kappa shape index (κ1) is 19.1. The number of ether oxygens (including phenoxy) is 1. The fourth-order valence-electron chi connectivity index (χ4n) is 3.03. The van der Waals surface area contributed by atoms with E-state index in [9.17, 15) is 19.7 Å². The molecule has 3 aromatic rings. The van der Waals surface area contributed by atoms with Crippen LogP contribution in [0.4, 0.5) is 17.3 Å². The summed E-state index contributed by atoms with van der Waals surface area (Å²) in [5.41, 5.74) is 1.05. The zero-order valence-electron chi connectivity index (χ0n) is 15.7. The number of carbonyl (C=O) groups excluding carboxylic acids is 2. The fraction of sp³-hybridized carbons (Fsp3) is 0.158. The van der Waals surface area contributed by atoms with Gasteiger partial charge < -0.3 is 10.1 Å². The Bertz CT molecular complexity index is 1120. The third-order valence-electron chi connectivity index (χ3n) is 4.55. The molecule has 0 fully saturated rings. The molecule has 1 atom stereocenters. The van der Waals surface area contributed by atoms with Crippen molar-refractivity contribution in [1.29, 1.82) is 0 Å². The molecule has 4 rings (SSSR count). The highest BCUT2D eigenvalue weighted by Gasteiger charge is 2.35. The lowest BCUT2D eigenvalue weighted by molar-refractivity contribution is -0.384. The Hall–Kier alpha value is -4.28. The summed E-state index contributed by atoms with van der Waals surface area (Å²) in [4.78, 5) is 39.1. The van der Waals surface area contributed by atoms with Crippen molar-refractivity contribution in [3.8, 4) is 17.1 Å². The van der Waals surface area contributed by atoms with E-state index >= 15 is 0 Å². The number of nitrogens with zero attached hydrogens (tertiary/aromatic N) is 4. The molecule has 152 valence electrons. The molecule has 2 heterocycles. The van der Waals surface area contributed by atoms with Gasteiger partial charge in [-0.1, -0.05) is 0 Å². The molecular weight excluding hydrogens is 392 g/mol. The molecule has 2 aromatic carbocycles. The van der Waals surface area contributed by atoms with Crippen molar-refractivity contribution >= 4 is 29.1 Å². The molecule has 0 radical (unpaired) electrons. The standard InChI is InChI=1S/C19H16N6O5/c1-30-14-8-2-11(3-9-14)17-21-19-22-18(27)15(24(19)23-17)10-16(26)20-12-4-6-13(7-5-12)25(28)29/h2-9,15H,10H2,1H3,(H,20,26)(H,21,22,23,27). The number of methoxy groups -OCH3 is 1. The van der Waals surface area contributed by atoms with Gasteiger partial charge in [0.15, 0.2) is 5.82 Å². The van der Waals surface area contributed by atoms with Gasteiger partial charge in [-0.25, -0.2) is 4.68 Å². The first-order valence-corrected chi connectivity index (χ1v) is 8.91. The summed E-state index contributed by atoms with van der Waals surface area (Å²) in [5.74, 6) is 0.551. The van der Waals surface area contributed by atoms with E-state index < -0.39 is 16.9 Å². The van der Waals surface area contributed by atoms with Crippen LogP contribution < -0.4 is 15.4 Å². The van der Waals surface area contributed by atoms with Crippen LogP contribution in [0.15, 0.2) is 48.5 Å². The topological polar surface area (TPSA) is 141 Å². The van der Waals surface area contributed by atoms with Crippen molar-refractivity contribution in [2.24, 2.45) is 0 Å². The number of rotatable bonds is 6. The van der Waals surface area contributed by atoms with Gasteiger partial charge in [-0.2, -0.15) is 4.98 Å². The van der Waals surface area contributed by atoms with Gasteiger partial charge in [-0.15, -0.1) is 5.10 Å². The second-order valence-corrected chi connectivity index (χ2v) is 6.49. The molecule has 0 spiro atoms. The number of anilines is 2. The van der Waals surface area contributed by atoms with Crippen molar-refractivity contribution < 1.29 is 19.2 Å². The van der Waals surface area contributed by atoms with E-state index in [1.165, 1.54) is 28.9 Å². The number of hydrogen-bond donors (Lipinski definition) is 2. The van der Waals surface area contributed by atoms with E-state index in [2.05, 4.69) is 20.7 Å². The number of nitrogens with one attached hydrogen (secondary N) is 2. The third kappa shape index (κ3) is 3.68. The summed E-state index contributed by atoms with van der Waals surface area (Å²) in [6.07, 6.45) is -0.165. The van der Waals surface area contributed by atoms with E-state index in [0.717, 1.165) is 5.56 Å². The Labute approximate surface area is 169 Å². The van der Waals surface area contributed by atoms with E-state index in [1.807, 2.05) is 0 Å². The lowest BCUT2D eigenvalue weighted by atomic mass is 10.2. The van der Waals surface area contributed by atoms with Crippen LogP contribution in [0.2, 0.25) is 0 Å². The number of fused-ring (bicyclic) bond motifs is 1. The summed E-state index contributed by atoms with van der Waals surface area (Å²) in [7, 11) is 1.57. The smallest absolute Gasteiger partial charge is 0.269 e. The van der Waals surface area contributed by atoms with E-state index in [1.54, 1.807) is 31.4 Å². The van der Waals surface area contributed by atoms with E-state index in [0.29, 0.717) is 17.3 Å². The quantitative estimate of drug-likeness (QED) is 0.471. The number of aromatic nitrogens is 3. The van der Waals surface area contributed by atoms with E-state index in [-0.39, 0.29) is 24.0 Å². The van der Waals surface area contributed by atoms with Gasteiger partial charge in [0, 0.05) is 23.4 Å². The lowest BCUT2D eigenvalue weighted by Crippen LogP contribution is -2.23. The molecule has 2 N–H and O–H groups in total. The summed E-state index contributed by atoms with van der Waals surface area (Å²) >= 11 is 0. The van der Waals surface area contributed by atoms with Crippen molar-refractivity contribution in [2.75, 3.05) is 17.7 Å². The number of amides is 2. The van der Waals surface area contributed by atoms with Crippen LogP contribution in [0, 0.1) is 10.1 Å². The van der Waals surface area contributed by atoms with Crippen LogP contribution in [0.1, 0.15) is 12.5 Å². The molecule has 0 aliphatic carbocycles. The van der Waals surface area contributed by atoms with Gasteiger partial charge in [0.05, 0.1) is 18.5 Å². The van der Waals surface area contributed by atoms with Crippen LogP contribution in [0.5, 0.6) is 5.75 Å². The van der Waals surface area contributed by atoms with Gasteiger partial charge in [0.1, 0.15) is 11.8 Å². The number of benzene rings is 2. The minimum absolute atomic E-state index is 0.0820. The van der Waals surface area contributed by atoms with Gasteiger partial charge in [-0.3, -0.25) is 25.0 Å². The molecule has 11 heteroatoms. The molecular formula is C19H16N6O5. The van der Waals surface area contributed by atoms with E-state index in [4.69, 9.17) is 4.74 Å². The number of hydrogen-bond acceptors (Lipinski definition) is 7. The first-order valence-electron chi connectivity index (χ1n) is 8.91. The summed E-state index contributed by atoms with van der Waals surface area (Å²) < 4.78 is 6.51. The average Bonchev–Trinajstić information content (AvgIpc) is 3.27. The minimum Gasteiger partial charge on any atom is -0.497 e. The Balaban J connectivity index is 1.47. The Morgan fingerprint density at radius 3 is 2.57 bits per heavy atom. The minimum atomic E-state index is -0.849. The molecule has 0 saturated carbocycles. The molecule has 11 nitrogen and oxygen atoms in total. The molecule has 0 bridgehead atoms. The Morgan fingerprint density at radius 1 is 1.23 bits per heavy atom. The number of non-ortho nitro benzene ring substituents is 1. The zero-order valence-corrected chi connectivity index (χ0v) is 15.7. The Morgan fingerprint density at radius 2 is 1.93 bits per heavy atom. The summed E-state index contributed by atoms with van der Waals surface area (Å²) in [6.45, 7) is 0. The molecule has 0 saturated heterocycles. The summed E-state index contributed by atoms with van der Waals surface area (Å²) in [6, 6.07) is 11.7. The highest BCUT2D eigenvalue weighted by Crippen LogP contribution is 2.29. The maximum atomic E-state index is 12.4. The van der Waals surface area contributed by atoms with Crippen LogP contribution in [0.3, 0.4) is 0 Å². The van der Waals surface area contributed by atoms with Gasteiger partial charge >= 0.3 is 0 Å². The highest BCUT2D eigenvalue weighted by atomic mass is 16.6. The SMILES string of the molecule is COc1ccc(-c2nc3n(n2)C(CC(=O)Nc2ccc([N+](=O)[O-])cc2)C(=O)N3)cc1. The van der Waals surface area contributed by atoms with Crippen molar-refractivity contribution in [1.82, 2.24) is 14.8 Å². The predicted molar refractivity (Wildman–Crippen MR) is 106 cm³/mol. The van der Waals surface area contributed by atoms with Crippen molar-refractivity contribution in [3.63, 3.8) is 0 Å². The van der Waals surface area contributed by atoms with Crippen molar-refractivity contribution in [3.05, 3.63) is 58.6 Å². The molecule has 1 aliphatic heterocycles. The maximum absolute atomic E-state index is 12.4. The highest BCUT2D eigenvalue weighted by molar-refractivity contribution is 6.01. The van der Waals surface area contributed by atoms with Gasteiger partial charge in [0.25, 0.3) is 11.6 Å². The second-order valence-electron chi connectivity index (χ2n) is 6.49. The largest absolute Gasteiger partial charge is 0.497 e. The van der Waals surface area contributed by atoms with Crippen molar-refractivity contribution in [2.45, 2.75) is 12.5 Å². The molecule has 1 aliphatic rings. The number of nitro benzene ring substituents is 1. The monoisotopic (exact) mass is 408 g/mol. The Kier molecular flexibility index (Phi) is 4.84. The lowest BCUT2D eigenvalue weighted by Gasteiger charge is -2.10. The molecule has 1 unspecified atom stereocenters. The van der Waals surface area contributed by atoms with Crippen LogP contribution in [-0.4, -0.2) is 38.6 Å². The molecule has 1 aromatic heterocycles. The third-order valence-corrected chi connectivity index (χ3v) is 4.55. The van der Waals surface area contributed by atoms with Gasteiger partial charge in [0.2, 0.25) is 11.9 Å². The normalized spacial score (nSPS) is 14.7. The average molecular weight is 408 g/mol. The zero-order chi connectivity index (χ0) is 21.3. The predicted octanol–water partition coefficient (Wildman–Crippen LogP) is 2.38. The molecule has 2 amide bonds. The summed E-state index contributed by atoms with van der Waals surface area (Å²) in [5, 5.41) is 20.3. The van der Waals surface area contributed by atoms with Crippen LogP contribution >= 0.6 is 0 Å². The first-order chi connectivity index (χ1) is 14.4. The van der Waals surface area contributed by atoms with Crippen LogP contribution in [-0.2, 0) is 9.59 Å². The number of carbonyl (C=O) groups is 2. The second kappa shape index (κ2) is 7.62. The van der Waals surface area contributed by atoms with Gasteiger partial charge in [-0.05, 0) is 36.4 Å². The maximum Gasteiger partial charge on any atom is 0.269 e.